The number of rotatable bonds is 4. The van der Waals surface area contributed by atoms with Crippen molar-refractivity contribution in [3.63, 3.8) is 0 Å². The molecule has 2 rings (SSSR count). The Hall–Kier alpha value is -0.490. The fraction of sp³-hybridized carbons (Fsp3) is 0.455. The van der Waals surface area contributed by atoms with Crippen molar-refractivity contribution >= 4 is 38.9 Å². The van der Waals surface area contributed by atoms with Crippen LogP contribution in [0, 0.1) is 5.92 Å². The molecule has 1 fully saturated rings. The lowest BCUT2D eigenvalue weighted by Crippen LogP contribution is -2.32. The lowest BCUT2D eigenvalue weighted by molar-refractivity contribution is 0.316. The zero-order valence-electron chi connectivity index (χ0n) is 9.62. The molecule has 3 N–H and O–H groups in total. The summed E-state index contributed by atoms with van der Waals surface area (Å²) in [6.45, 7) is 0.431. The lowest BCUT2D eigenvalue weighted by atomic mass is 9.86. The number of nitrogen functional groups attached to an aromatic ring is 1. The van der Waals surface area contributed by atoms with E-state index in [9.17, 15) is 8.42 Å². The van der Waals surface area contributed by atoms with Crippen molar-refractivity contribution in [2.24, 2.45) is 5.92 Å². The number of hydrogen-bond donors (Lipinski definition) is 2. The first-order valence-corrected chi connectivity index (χ1v) is 7.88. The van der Waals surface area contributed by atoms with Crippen molar-refractivity contribution in [3.05, 3.63) is 22.2 Å². The van der Waals surface area contributed by atoms with Crippen LogP contribution in [0.4, 0.5) is 5.69 Å². The third-order valence-electron chi connectivity index (χ3n) is 3.09. The summed E-state index contributed by atoms with van der Waals surface area (Å²) in [4.78, 5) is -0.0899. The van der Waals surface area contributed by atoms with Gasteiger partial charge >= 0.3 is 0 Å². The van der Waals surface area contributed by atoms with E-state index < -0.39 is 10.0 Å². The normalized spacial score (nSPS) is 16.6. The van der Waals surface area contributed by atoms with Gasteiger partial charge in [-0.05, 0) is 30.9 Å². The number of nitrogens with one attached hydrogen (secondary N) is 1. The highest BCUT2D eigenvalue weighted by atomic mass is 35.5. The Morgan fingerprint density at radius 3 is 2.50 bits per heavy atom. The van der Waals surface area contributed by atoms with Gasteiger partial charge in [-0.25, -0.2) is 13.1 Å². The second-order valence-electron chi connectivity index (χ2n) is 4.45. The molecule has 0 radical (unpaired) electrons. The van der Waals surface area contributed by atoms with E-state index >= 15 is 0 Å². The highest BCUT2D eigenvalue weighted by molar-refractivity contribution is 7.89. The molecule has 1 aromatic rings. The van der Waals surface area contributed by atoms with Gasteiger partial charge < -0.3 is 5.73 Å². The molecule has 0 spiro atoms. The number of hydrogen-bond acceptors (Lipinski definition) is 3. The van der Waals surface area contributed by atoms with Crippen LogP contribution < -0.4 is 10.5 Å². The summed E-state index contributed by atoms with van der Waals surface area (Å²) in [7, 11) is -3.68. The zero-order valence-corrected chi connectivity index (χ0v) is 11.9. The first kappa shape index (κ1) is 13.9. The van der Waals surface area contributed by atoms with Gasteiger partial charge in [-0.3, -0.25) is 0 Å². The maximum atomic E-state index is 12.1. The quantitative estimate of drug-likeness (QED) is 0.840. The van der Waals surface area contributed by atoms with Crippen molar-refractivity contribution < 1.29 is 8.42 Å². The Morgan fingerprint density at radius 2 is 2.00 bits per heavy atom. The van der Waals surface area contributed by atoms with Crippen LogP contribution in [0.1, 0.15) is 19.3 Å². The van der Waals surface area contributed by atoms with Crippen LogP contribution in [0.15, 0.2) is 17.0 Å². The summed E-state index contributed by atoms with van der Waals surface area (Å²) in [6.07, 6.45) is 3.29. The number of halogens is 2. The monoisotopic (exact) mass is 308 g/mol. The minimum atomic E-state index is -3.68. The Balaban J connectivity index is 2.23. The van der Waals surface area contributed by atoms with Crippen molar-refractivity contribution in [2.45, 2.75) is 24.2 Å². The molecule has 0 amide bonds. The first-order chi connectivity index (χ1) is 8.40. The lowest BCUT2D eigenvalue weighted by Gasteiger charge is -2.25. The first-order valence-electron chi connectivity index (χ1n) is 5.64. The van der Waals surface area contributed by atoms with E-state index in [0.29, 0.717) is 17.5 Å². The van der Waals surface area contributed by atoms with Crippen molar-refractivity contribution in [2.75, 3.05) is 12.3 Å². The van der Waals surface area contributed by atoms with Crippen molar-refractivity contribution in [1.82, 2.24) is 4.72 Å². The molecular weight excluding hydrogens is 295 g/mol. The van der Waals surface area contributed by atoms with Crippen LogP contribution in [0.25, 0.3) is 0 Å². The van der Waals surface area contributed by atoms with Crippen LogP contribution in [-0.4, -0.2) is 15.0 Å². The van der Waals surface area contributed by atoms with Crippen LogP contribution in [0.3, 0.4) is 0 Å². The van der Waals surface area contributed by atoms with Crippen molar-refractivity contribution in [3.8, 4) is 0 Å². The maximum absolute atomic E-state index is 12.1. The largest absolute Gasteiger partial charge is 0.398 e. The molecule has 100 valence electrons. The van der Waals surface area contributed by atoms with E-state index in [4.69, 9.17) is 28.9 Å². The van der Waals surface area contributed by atoms with Crippen molar-refractivity contribution in [1.29, 1.82) is 0 Å². The summed E-state index contributed by atoms with van der Waals surface area (Å²) >= 11 is 11.7. The molecule has 1 aliphatic rings. The van der Waals surface area contributed by atoms with Gasteiger partial charge in [0.05, 0.1) is 10.7 Å². The predicted molar refractivity (Wildman–Crippen MR) is 73.4 cm³/mol. The molecule has 1 aliphatic carbocycles. The molecule has 1 aromatic carbocycles. The highest BCUT2D eigenvalue weighted by Crippen LogP contribution is 2.31. The van der Waals surface area contributed by atoms with Gasteiger partial charge in [0.25, 0.3) is 0 Å². The van der Waals surface area contributed by atoms with E-state index in [1.165, 1.54) is 12.1 Å². The van der Waals surface area contributed by atoms with Crippen LogP contribution in [0.2, 0.25) is 10.0 Å². The molecule has 0 heterocycles. The van der Waals surface area contributed by atoms with Gasteiger partial charge in [0.15, 0.2) is 0 Å². The van der Waals surface area contributed by atoms with E-state index in [1.807, 2.05) is 0 Å². The molecule has 0 saturated heterocycles. The molecule has 0 unspecified atom stereocenters. The summed E-state index contributed by atoms with van der Waals surface area (Å²) in [6, 6.07) is 2.75. The highest BCUT2D eigenvalue weighted by Gasteiger charge is 2.25. The zero-order chi connectivity index (χ0) is 13.3. The van der Waals surface area contributed by atoms with Gasteiger partial charge in [0.1, 0.15) is 4.90 Å². The van der Waals surface area contributed by atoms with Gasteiger partial charge in [-0.1, -0.05) is 29.6 Å². The minimum absolute atomic E-state index is 0.0427. The SMILES string of the molecule is Nc1cc(Cl)cc(Cl)c1S(=O)(=O)NCC1CCC1. The average Bonchev–Trinajstić information content (AvgIpc) is 2.11. The molecule has 0 aromatic heterocycles. The third kappa shape index (κ3) is 2.91. The summed E-state index contributed by atoms with van der Waals surface area (Å²) < 4.78 is 26.8. The molecule has 0 atom stereocenters. The number of sulfonamides is 1. The maximum Gasteiger partial charge on any atom is 0.244 e. The molecule has 4 nitrogen and oxygen atoms in total. The summed E-state index contributed by atoms with van der Waals surface area (Å²) in [5, 5.41) is 0.358. The number of nitrogens with two attached hydrogens (primary N) is 1. The Morgan fingerprint density at radius 1 is 1.33 bits per heavy atom. The Labute approximate surface area is 117 Å². The fourth-order valence-electron chi connectivity index (χ4n) is 1.86. The number of benzene rings is 1. The average molecular weight is 309 g/mol. The molecule has 1 saturated carbocycles. The van der Waals surface area contributed by atoms with E-state index in [-0.39, 0.29) is 15.6 Å². The van der Waals surface area contributed by atoms with E-state index in [2.05, 4.69) is 4.72 Å². The second-order valence-corrected chi connectivity index (χ2v) is 7.00. The molecule has 7 heteroatoms. The van der Waals surface area contributed by atoms with Gasteiger partial charge in [-0.15, -0.1) is 0 Å². The topological polar surface area (TPSA) is 72.2 Å². The predicted octanol–water partition coefficient (Wildman–Crippen LogP) is 2.65. The molecule has 0 bridgehead atoms. The van der Waals surface area contributed by atoms with E-state index in [0.717, 1.165) is 19.3 Å². The van der Waals surface area contributed by atoms with E-state index in [1.54, 1.807) is 0 Å². The standard InChI is InChI=1S/C11H14Cl2N2O2S/c12-8-4-9(13)11(10(14)5-8)18(16,17)15-6-7-2-1-3-7/h4-5,7,15H,1-3,6,14H2. The van der Waals surface area contributed by atoms with Gasteiger partial charge in [0.2, 0.25) is 10.0 Å². The molecule has 18 heavy (non-hydrogen) atoms. The number of anilines is 1. The fourth-order valence-corrected chi connectivity index (χ4v) is 3.96. The summed E-state index contributed by atoms with van der Waals surface area (Å²) in [5.41, 5.74) is 5.74. The van der Waals surface area contributed by atoms with Crippen LogP contribution >= 0.6 is 23.2 Å². The second kappa shape index (κ2) is 5.25. The Kier molecular flexibility index (Phi) is 4.06. The summed E-state index contributed by atoms with van der Waals surface area (Å²) in [5.74, 6) is 0.423. The van der Waals surface area contributed by atoms with Crippen LogP contribution in [-0.2, 0) is 10.0 Å². The minimum Gasteiger partial charge on any atom is -0.398 e. The van der Waals surface area contributed by atoms with Gasteiger partial charge in [0, 0.05) is 11.6 Å². The smallest absolute Gasteiger partial charge is 0.244 e. The van der Waals surface area contributed by atoms with Crippen LogP contribution in [0.5, 0.6) is 0 Å². The third-order valence-corrected chi connectivity index (χ3v) is 5.26. The Bertz CT molecular complexity index is 533. The van der Waals surface area contributed by atoms with Gasteiger partial charge in [-0.2, -0.15) is 0 Å². The molecule has 0 aliphatic heterocycles. The molecular formula is C11H14Cl2N2O2S.